The third-order valence-electron chi connectivity index (χ3n) is 2.55. The first-order chi connectivity index (χ1) is 9.97. The fourth-order valence-electron chi connectivity index (χ4n) is 1.58. The maximum Gasteiger partial charge on any atom is 0.262 e. The Bertz CT molecular complexity index is 660. The average molecular weight is 329 g/mol. The molecule has 2 aromatic rings. The van der Waals surface area contributed by atoms with Crippen LogP contribution in [0.3, 0.4) is 0 Å². The van der Waals surface area contributed by atoms with Crippen LogP contribution in [0.15, 0.2) is 36.4 Å². The molecule has 21 heavy (non-hydrogen) atoms. The molecule has 0 saturated carbocycles. The van der Waals surface area contributed by atoms with E-state index in [0.29, 0.717) is 16.4 Å². The molecule has 0 unspecified atom stereocenters. The molecule has 0 bridgehead atoms. The van der Waals surface area contributed by atoms with Gasteiger partial charge in [0.15, 0.2) is 18.2 Å². The van der Waals surface area contributed by atoms with Gasteiger partial charge < -0.3 is 15.8 Å². The maximum atomic E-state index is 13.5. The van der Waals surface area contributed by atoms with E-state index in [9.17, 15) is 9.18 Å². The number of hydrogen-bond acceptors (Lipinski definition) is 3. The minimum atomic E-state index is -0.633. The number of hydrogen-bond donors (Lipinski definition) is 2. The molecule has 0 atom stereocenters. The third-order valence-corrected chi connectivity index (χ3v) is 3.19. The second-order valence-corrected chi connectivity index (χ2v) is 4.94. The Morgan fingerprint density at radius 2 is 2.00 bits per heavy atom. The van der Waals surface area contributed by atoms with Crippen molar-refractivity contribution in [1.29, 1.82) is 0 Å². The van der Waals surface area contributed by atoms with Crippen molar-refractivity contribution in [1.82, 2.24) is 0 Å². The fourth-order valence-corrected chi connectivity index (χ4v) is 1.91. The third kappa shape index (κ3) is 4.00. The molecular weight excluding hydrogens is 318 g/mol. The molecule has 2 rings (SSSR count). The summed E-state index contributed by atoms with van der Waals surface area (Å²) in [7, 11) is 0. The standard InChI is InChI=1S/C14H11Cl2FN2O2/c15-9-5-4-8(6-12(9)18)19-13(20)7-21-14-10(16)2-1-3-11(14)17/h1-6H,7,18H2,(H,19,20). The van der Waals surface area contributed by atoms with Crippen LogP contribution < -0.4 is 15.8 Å². The number of para-hydroxylation sites is 1. The van der Waals surface area contributed by atoms with Crippen molar-refractivity contribution in [2.75, 3.05) is 17.7 Å². The van der Waals surface area contributed by atoms with Crippen LogP contribution in [0, 0.1) is 5.82 Å². The van der Waals surface area contributed by atoms with E-state index in [4.69, 9.17) is 33.7 Å². The molecule has 0 aliphatic rings. The van der Waals surface area contributed by atoms with Crippen LogP contribution in [0.25, 0.3) is 0 Å². The zero-order chi connectivity index (χ0) is 15.4. The Labute approximate surface area is 130 Å². The van der Waals surface area contributed by atoms with Crippen LogP contribution >= 0.6 is 23.2 Å². The Balaban J connectivity index is 1.97. The average Bonchev–Trinajstić information content (AvgIpc) is 2.42. The van der Waals surface area contributed by atoms with E-state index >= 15 is 0 Å². The van der Waals surface area contributed by atoms with Gasteiger partial charge in [-0.1, -0.05) is 29.3 Å². The number of halogens is 3. The normalized spacial score (nSPS) is 10.2. The number of amides is 1. The predicted molar refractivity (Wildman–Crippen MR) is 81.4 cm³/mol. The summed E-state index contributed by atoms with van der Waals surface area (Å²) in [6.45, 7) is -0.386. The number of nitrogens with two attached hydrogens (primary N) is 1. The quantitative estimate of drug-likeness (QED) is 0.840. The van der Waals surface area contributed by atoms with Crippen LogP contribution in [0.2, 0.25) is 10.0 Å². The van der Waals surface area contributed by atoms with Gasteiger partial charge in [0, 0.05) is 5.69 Å². The summed E-state index contributed by atoms with van der Waals surface area (Å²) in [5.74, 6) is -1.27. The highest BCUT2D eigenvalue weighted by Gasteiger charge is 2.11. The number of ether oxygens (including phenoxy) is 1. The summed E-state index contributed by atoms with van der Waals surface area (Å²) >= 11 is 11.6. The zero-order valence-electron chi connectivity index (χ0n) is 10.7. The molecule has 3 N–H and O–H groups in total. The first kappa shape index (κ1) is 15.4. The zero-order valence-corrected chi connectivity index (χ0v) is 12.2. The molecule has 4 nitrogen and oxygen atoms in total. The highest BCUT2D eigenvalue weighted by Crippen LogP contribution is 2.27. The largest absolute Gasteiger partial charge is 0.479 e. The van der Waals surface area contributed by atoms with E-state index < -0.39 is 11.7 Å². The van der Waals surface area contributed by atoms with Crippen molar-refractivity contribution < 1.29 is 13.9 Å². The van der Waals surface area contributed by atoms with Crippen LogP contribution in [-0.4, -0.2) is 12.5 Å². The van der Waals surface area contributed by atoms with Gasteiger partial charge in [0.05, 0.1) is 15.7 Å². The molecule has 7 heteroatoms. The Kier molecular flexibility index (Phi) is 4.88. The molecule has 0 radical (unpaired) electrons. The SMILES string of the molecule is Nc1cc(NC(=O)COc2c(F)cccc2Cl)ccc1Cl. The van der Waals surface area contributed by atoms with Gasteiger partial charge in [-0.25, -0.2) is 4.39 Å². The summed E-state index contributed by atoms with van der Waals surface area (Å²) in [5, 5.41) is 3.04. The molecule has 1 amide bonds. The Morgan fingerprint density at radius 1 is 1.24 bits per heavy atom. The summed E-state index contributed by atoms with van der Waals surface area (Å²) in [5.41, 5.74) is 6.42. The molecule has 2 aromatic carbocycles. The van der Waals surface area contributed by atoms with Crippen molar-refractivity contribution in [3.63, 3.8) is 0 Å². The minimum Gasteiger partial charge on any atom is -0.479 e. The van der Waals surface area contributed by atoms with Crippen molar-refractivity contribution in [3.05, 3.63) is 52.3 Å². The Hall–Kier alpha value is -1.98. The summed E-state index contributed by atoms with van der Waals surface area (Å²) < 4.78 is 18.5. The fraction of sp³-hybridized carbons (Fsp3) is 0.0714. The molecule has 0 heterocycles. The van der Waals surface area contributed by atoms with E-state index in [1.807, 2.05) is 0 Å². The maximum absolute atomic E-state index is 13.5. The van der Waals surface area contributed by atoms with Crippen molar-refractivity contribution >= 4 is 40.5 Å². The number of carbonyl (C=O) groups excluding carboxylic acids is 1. The molecule has 0 fully saturated rings. The molecule has 0 saturated heterocycles. The first-order valence-electron chi connectivity index (χ1n) is 5.89. The van der Waals surface area contributed by atoms with Crippen LogP contribution in [-0.2, 0) is 4.79 Å². The lowest BCUT2D eigenvalue weighted by Gasteiger charge is -2.10. The molecule has 0 spiro atoms. The van der Waals surface area contributed by atoms with Gasteiger partial charge in [-0.05, 0) is 30.3 Å². The van der Waals surface area contributed by atoms with E-state index in [2.05, 4.69) is 5.32 Å². The molecule has 0 aliphatic heterocycles. The molecule has 0 aliphatic carbocycles. The number of rotatable bonds is 4. The topological polar surface area (TPSA) is 64.3 Å². The molecule has 0 aromatic heterocycles. The van der Waals surface area contributed by atoms with Crippen molar-refractivity contribution in [2.24, 2.45) is 0 Å². The van der Waals surface area contributed by atoms with Crippen molar-refractivity contribution in [2.45, 2.75) is 0 Å². The minimum absolute atomic E-state index is 0.0959. The monoisotopic (exact) mass is 328 g/mol. The van der Waals surface area contributed by atoms with E-state index in [0.717, 1.165) is 0 Å². The van der Waals surface area contributed by atoms with Crippen molar-refractivity contribution in [3.8, 4) is 5.75 Å². The van der Waals surface area contributed by atoms with E-state index in [1.54, 1.807) is 12.1 Å². The van der Waals surface area contributed by atoms with Gasteiger partial charge in [-0.3, -0.25) is 4.79 Å². The number of carbonyl (C=O) groups is 1. The van der Waals surface area contributed by atoms with Gasteiger partial charge >= 0.3 is 0 Å². The van der Waals surface area contributed by atoms with Crippen LogP contribution in [0.5, 0.6) is 5.75 Å². The van der Waals surface area contributed by atoms with Crippen LogP contribution in [0.1, 0.15) is 0 Å². The summed E-state index contributed by atoms with van der Waals surface area (Å²) in [4.78, 5) is 11.7. The van der Waals surface area contributed by atoms with Gasteiger partial charge in [0.2, 0.25) is 0 Å². The van der Waals surface area contributed by atoms with E-state index in [-0.39, 0.29) is 17.4 Å². The number of benzene rings is 2. The number of nitrogens with one attached hydrogen (secondary N) is 1. The second-order valence-electron chi connectivity index (χ2n) is 4.12. The molecular formula is C14H11Cl2FN2O2. The smallest absolute Gasteiger partial charge is 0.262 e. The van der Waals surface area contributed by atoms with Gasteiger partial charge in [0.1, 0.15) is 0 Å². The lowest BCUT2D eigenvalue weighted by Crippen LogP contribution is -2.20. The van der Waals surface area contributed by atoms with Gasteiger partial charge in [-0.2, -0.15) is 0 Å². The number of anilines is 2. The van der Waals surface area contributed by atoms with E-state index in [1.165, 1.54) is 24.3 Å². The van der Waals surface area contributed by atoms with Crippen LogP contribution in [0.4, 0.5) is 15.8 Å². The van der Waals surface area contributed by atoms with Gasteiger partial charge in [-0.15, -0.1) is 0 Å². The highest BCUT2D eigenvalue weighted by molar-refractivity contribution is 6.33. The number of nitrogen functional groups attached to an aromatic ring is 1. The lowest BCUT2D eigenvalue weighted by atomic mass is 10.3. The first-order valence-corrected chi connectivity index (χ1v) is 6.64. The molecule has 110 valence electrons. The lowest BCUT2D eigenvalue weighted by molar-refractivity contribution is -0.118. The summed E-state index contributed by atoms with van der Waals surface area (Å²) in [6, 6.07) is 8.77. The predicted octanol–water partition coefficient (Wildman–Crippen LogP) is 3.73. The van der Waals surface area contributed by atoms with Gasteiger partial charge in [0.25, 0.3) is 5.91 Å². The summed E-state index contributed by atoms with van der Waals surface area (Å²) in [6.07, 6.45) is 0. The Morgan fingerprint density at radius 3 is 2.67 bits per heavy atom. The second kappa shape index (κ2) is 6.65. The highest BCUT2D eigenvalue weighted by atomic mass is 35.5.